The third kappa shape index (κ3) is 2.34. The Bertz CT molecular complexity index is 790. The van der Waals surface area contributed by atoms with E-state index >= 15 is 0 Å². The highest BCUT2D eigenvalue weighted by Gasteiger charge is 2.07. The number of hydrogen-bond acceptors (Lipinski definition) is 3. The lowest BCUT2D eigenvalue weighted by molar-refractivity contribution is 0.409. The Morgan fingerprint density at radius 1 is 1.35 bits per heavy atom. The van der Waals surface area contributed by atoms with Gasteiger partial charge in [0.05, 0.1) is 23.8 Å². The average molecular weight is 334 g/mol. The van der Waals surface area contributed by atoms with E-state index in [4.69, 9.17) is 4.74 Å². The van der Waals surface area contributed by atoms with E-state index in [9.17, 15) is 4.79 Å². The fourth-order valence-electron chi connectivity index (χ4n) is 2.05. The third-order valence-electron chi connectivity index (χ3n) is 3.01. The van der Waals surface area contributed by atoms with Crippen LogP contribution in [-0.2, 0) is 6.54 Å². The van der Waals surface area contributed by atoms with Crippen LogP contribution < -0.4 is 10.3 Å². The summed E-state index contributed by atoms with van der Waals surface area (Å²) in [5.41, 5.74) is 1.57. The standard InChI is InChI=1S/C14H12BrN3O2/c1-20-12-6-14(19)18(9-11(12)15)8-10-7-17-5-3-2-4-13(17)16-10/h2-7,9H,8H2,1H3. The lowest BCUT2D eigenvalue weighted by atomic mass is 10.4. The van der Waals surface area contributed by atoms with E-state index in [1.165, 1.54) is 13.2 Å². The summed E-state index contributed by atoms with van der Waals surface area (Å²) in [6.07, 6.45) is 5.56. The molecule has 0 fully saturated rings. The molecule has 102 valence electrons. The van der Waals surface area contributed by atoms with Crippen LogP contribution >= 0.6 is 15.9 Å². The fourth-order valence-corrected chi connectivity index (χ4v) is 2.57. The van der Waals surface area contributed by atoms with Crippen molar-refractivity contribution >= 4 is 21.6 Å². The smallest absolute Gasteiger partial charge is 0.254 e. The highest BCUT2D eigenvalue weighted by atomic mass is 79.9. The maximum absolute atomic E-state index is 12.0. The fraction of sp³-hybridized carbons (Fsp3) is 0.143. The van der Waals surface area contributed by atoms with Crippen molar-refractivity contribution in [2.45, 2.75) is 6.54 Å². The van der Waals surface area contributed by atoms with E-state index in [-0.39, 0.29) is 5.56 Å². The molecule has 0 amide bonds. The number of hydrogen-bond donors (Lipinski definition) is 0. The van der Waals surface area contributed by atoms with Gasteiger partial charge in [0.25, 0.3) is 5.56 Å². The number of ether oxygens (including phenoxy) is 1. The molecular formula is C14H12BrN3O2. The molecule has 3 aromatic heterocycles. The maximum Gasteiger partial charge on any atom is 0.254 e. The maximum atomic E-state index is 12.0. The van der Waals surface area contributed by atoms with Crippen LogP contribution in [0.1, 0.15) is 5.69 Å². The Labute approximate surface area is 123 Å². The van der Waals surface area contributed by atoms with Crippen LogP contribution in [0, 0.1) is 0 Å². The van der Waals surface area contributed by atoms with Crippen molar-refractivity contribution in [3.05, 3.63) is 63.4 Å². The highest BCUT2D eigenvalue weighted by Crippen LogP contribution is 2.21. The summed E-state index contributed by atoms with van der Waals surface area (Å²) in [4.78, 5) is 16.5. The molecule has 0 saturated heterocycles. The zero-order valence-corrected chi connectivity index (χ0v) is 12.4. The summed E-state index contributed by atoms with van der Waals surface area (Å²) in [6.45, 7) is 0.420. The highest BCUT2D eigenvalue weighted by molar-refractivity contribution is 9.10. The first-order chi connectivity index (χ1) is 9.67. The molecule has 0 aliphatic carbocycles. The molecular weight excluding hydrogens is 322 g/mol. The van der Waals surface area contributed by atoms with E-state index in [0.29, 0.717) is 12.3 Å². The number of aromatic nitrogens is 3. The van der Waals surface area contributed by atoms with Gasteiger partial charge < -0.3 is 13.7 Å². The molecule has 3 aromatic rings. The normalized spacial score (nSPS) is 10.9. The van der Waals surface area contributed by atoms with E-state index in [1.54, 1.807) is 10.8 Å². The van der Waals surface area contributed by atoms with Crippen LogP contribution in [-0.4, -0.2) is 21.1 Å². The molecule has 0 unspecified atom stereocenters. The number of imidazole rings is 1. The number of rotatable bonds is 3. The monoisotopic (exact) mass is 333 g/mol. The number of halogens is 1. The number of nitrogens with zero attached hydrogens (tertiary/aromatic N) is 3. The van der Waals surface area contributed by atoms with Crippen molar-refractivity contribution in [3.8, 4) is 5.75 Å². The summed E-state index contributed by atoms with van der Waals surface area (Å²) in [7, 11) is 1.53. The third-order valence-corrected chi connectivity index (χ3v) is 3.60. The molecule has 3 heterocycles. The number of methoxy groups -OCH3 is 1. The molecule has 20 heavy (non-hydrogen) atoms. The zero-order chi connectivity index (χ0) is 14.1. The lowest BCUT2D eigenvalue weighted by Crippen LogP contribution is -2.19. The van der Waals surface area contributed by atoms with E-state index in [2.05, 4.69) is 20.9 Å². The molecule has 0 aliphatic rings. The topological polar surface area (TPSA) is 48.5 Å². The average Bonchev–Trinajstić information content (AvgIpc) is 2.84. The molecule has 5 nitrogen and oxygen atoms in total. The second-order valence-corrected chi connectivity index (χ2v) is 5.21. The molecule has 0 aromatic carbocycles. The van der Waals surface area contributed by atoms with Gasteiger partial charge in [0, 0.05) is 24.7 Å². The Hall–Kier alpha value is -2.08. The molecule has 0 spiro atoms. The Kier molecular flexibility index (Phi) is 3.31. The van der Waals surface area contributed by atoms with Crippen LogP contribution in [0.3, 0.4) is 0 Å². The summed E-state index contributed by atoms with van der Waals surface area (Å²) in [5.74, 6) is 0.529. The first-order valence-electron chi connectivity index (χ1n) is 6.04. The van der Waals surface area contributed by atoms with E-state index < -0.39 is 0 Å². The molecule has 0 radical (unpaired) electrons. The van der Waals surface area contributed by atoms with Gasteiger partial charge in [-0.05, 0) is 28.1 Å². The van der Waals surface area contributed by atoms with E-state index in [0.717, 1.165) is 15.8 Å². The van der Waals surface area contributed by atoms with Gasteiger partial charge >= 0.3 is 0 Å². The van der Waals surface area contributed by atoms with Crippen molar-refractivity contribution in [1.29, 1.82) is 0 Å². The van der Waals surface area contributed by atoms with Crippen LogP contribution in [0.4, 0.5) is 0 Å². The molecule has 0 N–H and O–H groups in total. The first-order valence-corrected chi connectivity index (χ1v) is 6.83. The molecule has 0 saturated carbocycles. The molecule has 0 atom stereocenters. The van der Waals surface area contributed by atoms with Crippen LogP contribution in [0.25, 0.3) is 5.65 Å². The van der Waals surface area contributed by atoms with Gasteiger partial charge in [0.2, 0.25) is 0 Å². The van der Waals surface area contributed by atoms with Crippen molar-refractivity contribution < 1.29 is 4.74 Å². The summed E-state index contributed by atoms with van der Waals surface area (Å²) >= 11 is 3.38. The van der Waals surface area contributed by atoms with Crippen molar-refractivity contribution in [2.24, 2.45) is 0 Å². The minimum Gasteiger partial charge on any atom is -0.495 e. The van der Waals surface area contributed by atoms with Gasteiger partial charge in [-0.3, -0.25) is 4.79 Å². The first kappa shape index (κ1) is 12.9. The van der Waals surface area contributed by atoms with E-state index in [1.807, 2.05) is 35.0 Å². The minimum absolute atomic E-state index is 0.123. The van der Waals surface area contributed by atoms with Crippen molar-refractivity contribution in [1.82, 2.24) is 14.0 Å². The molecule has 0 bridgehead atoms. The van der Waals surface area contributed by atoms with Gasteiger partial charge in [-0.15, -0.1) is 0 Å². The second kappa shape index (κ2) is 5.13. The summed E-state index contributed by atoms with van der Waals surface area (Å²) in [6, 6.07) is 7.26. The van der Waals surface area contributed by atoms with Crippen LogP contribution in [0.15, 0.2) is 52.1 Å². The minimum atomic E-state index is -0.123. The quantitative estimate of drug-likeness (QED) is 0.739. The SMILES string of the molecule is COc1cc(=O)n(Cc2cn3ccccc3n2)cc1Br. The number of pyridine rings is 2. The van der Waals surface area contributed by atoms with Crippen molar-refractivity contribution in [3.63, 3.8) is 0 Å². The van der Waals surface area contributed by atoms with Crippen LogP contribution in [0.5, 0.6) is 5.75 Å². The van der Waals surface area contributed by atoms with Crippen molar-refractivity contribution in [2.75, 3.05) is 7.11 Å². The molecule has 0 aliphatic heterocycles. The van der Waals surface area contributed by atoms with Crippen LogP contribution in [0.2, 0.25) is 0 Å². The Morgan fingerprint density at radius 2 is 2.20 bits per heavy atom. The predicted molar refractivity (Wildman–Crippen MR) is 79.2 cm³/mol. The largest absolute Gasteiger partial charge is 0.495 e. The second-order valence-electron chi connectivity index (χ2n) is 4.35. The van der Waals surface area contributed by atoms with Gasteiger partial charge in [-0.25, -0.2) is 4.98 Å². The van der Waals surface area contributed by atoms with Gasteiger partial charge in [0.15, 0.2) is 0 Å². The Balaban J connectivity index is 1.98. The Morgan fingerprint density at radius 3 is 2.95 bits per heavy atom. The number of fused-ring (bicyclic) bond motifs is 1. The zero-order valence-electron chi connectivity index (χ0n) is 10.8. The van der Waals surface area contributed by atoms with Gasteiger partial charge in [-0.2, -0.15) is 0 Å². The molecule has 6 heteroatoms. The summed E-state index contributed by atoms with van der Waals surface area (Å²) < 4.78 is 9.36. The lowest BCUT2D eigenvalue weighted by Gasteiger charge is -2.07. The molecule has 3 rings (SSSR count). The van der Waals surface area contributed by atoms with Gasteiger partial charge in [-0.1, -0.05) is 6.07 Å². The predicted octanol–water partition coefficient (Wildman–Crippen LogP) is 2.32. The summed E-state index contributed by atoms with van der Waals surface area (Å²) in [5, 5.41) is 0. The van der Waals surface area contributed by atoms with Gasteiger partial charge in [0.1, 0.15) is 11.4 Å².